The lowest BCUT2D eigenvalue weighted by Crippen LogP contribution is -2.27. The SMILES string of the molecule is Cn1nc(C(N)=O)[c]c1C(=O)NCCF. The largest absolute Gasteiger partial charge is 0.364 e. The molecule has 1 radical (unpaired) electrons. The number of aryl methyl sites for hydroxylation is 1. The Bertz CT molecular complexity index is 388. The molecule has 0 unspecified atom stereocenters. The standard InChI is InChI=1S/C8H10FN4O2/c1-13-6(8(15)11-3-2-9)4-5(12-13)7(10)14/h2-3H2,1H3,(H2,10,14)(H,11,15). The monoisotopic (exact) mass is 213 g/mol. The summed E-state index contributed by atoms with van der Waals surface area (Å²) < 4.78 is 12.9. The highest BCUT2D eigenvalue weighted by Gasteiger charge is 2.15. The third-order valence-electron chi connectivity index (χ3n) is 1.64. The minimum atomic E-state index is -0.768. The fourth-order valence-corrected chi connectivity index (χ4v) is 0.977. The van der Waals surface area contributed by atoms with Crippen molar-refractivity contribution in [2.75, 3.05) is 13.2 Å². The van der Waals surface area contributed by atoms with Gasteiger partial charge in [0.05, 0.1) is 6.07 Å². The van der Waals surface area contributed by atoms with E-state index < -0.39 is 18.5 Å². The van der Waals surface area contributed by atoms with Gasteiger partial charge in [0, 0.05) is 13.6 Å². The summed E-state index contributed by atoms with van der Waals surface area (Å²) in [6.45, 7) is -0.754. The molecule has 1 aromatic heterocycles. The molecule has 0 fully saturated rings. The summed E-state index contributed by atoms with van der Waals surface area (Å²) in [5, 5.41) is 5.95. The van der Waals surface area contributed by atoms with E-state index in [2.05, 4.69) is 16.5 Å². The molecule has 7 heteroatoms. The molecular formula is C8H10FN4O2. The highest BCUT2D eigenvalue weighted by molar-refractivity contribution is 5.96. The molecule has 3 N–H and O–H groups in total. The molecule has 1 rings (SSSR count). The molecule has 0 spiro atoms. The van der Waals surface area contributed by atoms with Gasteiger partial charge in [-0.15, -0.1) is 0 Å². The van der Waals surface area contributed by atoms with Crippen LogP contribution in [-0.2, 0) is 7.05 Å². The van der Waals surface area contributed by atoms with Crippen LogP contribution in [0.2, 0.25) is 0 Å². The van der Waals surface area contributed by atoms with E-state index in [1.165, 1.54) is 7.05 Å². The molecule has 0 atom stereocenters. The maximum Gasteiger partial charge on any atom is 0.270 e. The Morgan fingerprint density at radius 1 is 1.67 bits per heavy atom. The van der Waals surface area contributed by atoms with E-state index in [-0.39, 0.29) is 17.9 Å². The third-order valence-corrected chi connectivity index (χ3v) is 1.64. The van der Waals surface area contributed by atoms with Crippen LogP contribution in [0, 0.1) is 6.07 Å². The second-order valence-corrected chi connectivity index (χ2v) is 2.75. The molecular weight excluding hydrogens is 203 g/mol. The minimum Gasteiger partial charge on any atom is -0.364 e. The normalized spacial score (nSPS) is 10.0. The summed E-state index contributed by atoms with van der Waals surface area (Å²) in [7, 11) is 1.47. The molecule has 81 valence electrons. The molecule has 15 heavy (non-hydrogen) atoms. The Balaban J connectivity index is 2.85. The number of nitrogens with two attached hydrogens (primary N) is 1. The Morgan fingerprint density at radius 3 is 2.80 bits per heavy atom. The first kappa shape index (κ1) is 11.2. The molecule has 2 amide bonds. The van der Waals surface area contributed by atoms with Crippen LogP contribution in [0.5, 0.6) is 0 Å². The number of nitrogens with one attached hydrogen (secondary N) is 1. The first-order valence-corrected chi connectivity index (χ1v) is 4.16. The highest BCUT2D eigenvalue weighted by atomic mass is 19.1. The van der Waals surface area contributed by atoms with E-state index in [1.54, 1.807) is 0 Å². The number of alkyl halides is 1. The van der Waals surface area contributed by atoms with E-state index in [1.807, 2.05) is 0 Å². The molecule has 0 aliphatic heterocycles. The summed E-state index contributed by atoms with van der Waals surface area (Å²) in [6.07, 6.45) is 0. The van der Waals surface area contributed by atoms with Crippen LogP contribution in [0.1, 0.15) is 21.0 Å². The van der Waals surface area contributed by atoms with Crippen LogP contribution < -0.4 is 11.1 Å². The molecule has 0 saturated heterocycles. The maximum absolute atomic E-state index is 11.8. The van der Waals surface area contributed by atoms with E-state index in [0.29, 0.717) is 0 Å². The number of nitrogens with zero attached hydrogens (tertiary/aromatic N) is 2. The van der Waals surface area contributed by atoms with Gasteiger partial charge < -0.3 is 11.1 Å². The zero-order valence-electron chi connectivity index (χ0n) is 8.08. The Labute approximate surface area is 85.2 Å². The van der Waals surface area contributed by atoms with E-state index in [9.17, 15) is 14.0 Å². The van der Waals surface area contributed by atoms with Crippen molar-refractivity contribution >= 4 is 11.8 Å². The van der Waals surface area contributed by atoms with Crippen LogP contribution in [0.3, 0.4) is 0 Å². The predicted molar refractivity (Wildman–Crippen MR) is 48.9 cm³/mol. The molecule has 0 aromatic carbocycles. The molecule has 0 saturated carbocycles. The van der Waals surface area contributed by atoms with Crippen LogP contribution in [0.15, 0.2) is 0 Å². The summed E-state index contributed by atoms with van der Waals surface area (Å²) in [4.78, 5) is 22.1. The van der Waals surface area contributed by atoms with Gasteiger partial charge in [0.25, 0.3) is 11.8 Å². The fraction of sp³-hybridized carbons (Fsp3) is 0.375. The van der Waals surface area contributed by atoms with Gasteiger partial charge >= 0.3 is 0 Å². The van der Waals surface area contributed by atoms with E-state index in [0.717, 1.165) is 4.68 Å². The van der Waals surface area contributed by atoms with Gasteiger partial charge in [-0.05, 0) is 0 Å². The topological polar surface area (TPSA) is 90.0 Å². The van der Waals surface area contributed by atoms with Crippen molar-refractivity contribution in [3.05, 3.63) is 17.5 Å². The van der Waals surface area contributed by atoms with Crippen molar-refractivity contribution in [3.63, 3.8) is 0 Å². The van der Waals surface area contributed by atoms with Crippen molar-refractivity contribution in [1.29, 1.82) is 0 Å². The number of primary amides is 1. The van der Waals surface area contributed by atoms with Gasteiger partial charge in [-0.25, -0.2) is 4.39 Å². The Kier molecular flexibility index (Phi) is 3.37. The van der Waals surface area contributed by atoms with Gasteiger partial charge in [-0.1, -0.05) is 0 Å². The van der Waals surface area contributed by atoms with Gasteiger partial charge in [-0.2, -0.15) is 5.10 Å². The van der Waals surface area contributed by atoms with Crippen molar-refractivity contribution < 1.29 is 14.0 Å². The number of carbonyl (C=O) groups is 2. The van der Waals surface area contributed by atoms with Crippen LogP contribution in [0.25, 0.3) is 0 Å². The predicted octanol–water partition coefficient (Wildman–Crippen LogP) is -0.982. The number of rotatable bonds is 4. The number of hydrogen-bond donors (Lipinski definition) is 2. The smallest absolute Gasteiger partial charge is 0.270 e. The fourth-order valence-electron chi connectivity index (χ4n) is 0.977. The highest BCUT2D eigenvalue weighted by Crippen LogP contribution is 2.00. The Morgan fingerprint density at radius 2 is 2.33 bits per heavy atom. The summed E-state index contributed by atoms with van der Waals surface area (Å²) in [6, 6.07) is 2.43. The van der Waals surface area contributed by atoms with Crippen molar-refractivity contribution in [3.8, 4) is 0 Å². The minimum absolute atomic E-state index is 0.0391. The lowest BCUT2D eigenvalue weighted by atomic mass is 10.3. The average Bonchev–Trinajstić information content (AvgIpc) is 2.57. The van der Waals surface area contributed by atoms with Crippen molar-refractivity contribution in [1.82, 2.24) is 15.1 Å². The summed E-state index contributed by atoms with van der Waals surface area (Å²) in [5.41, 5.74) is 4.88. The molecule has 1 heterocycles. The maximum atomic E-state index is 11.8. The van der Waals surface area contributed by atoms with Crippen molar-refractivity contribution in [2.24, 2.45) is 12.8 Å². The number of halogens is 1. The van der Waals surface area contributed by atoms with Crippen molar-refractivity contribution in [2.45, 2.75) is 0 Å². The molecule has 6 nitrogen and oxygen atoms in total. The van der Waals surface area contributed by atoms with E-state index in [4.69, 9.17) is 5.73 Å². The van der Waals surface area contributed by atoms with Crippen LogP contribution >= 0.6 is 0 Å². The van der Waals surface area contributed by atoms with Crippen LogP contribution in [0.4, 0.5) is 4.39 Å². The van der Waals surface area contributed by atoms with Gasteiger partial charge in [-0.3, -0.25) is 14.3 Å². The lowest BCUT2D eigenvalue weighted by Gasteiger charge is -2.01. The molecule has 0 bridgehead atoms. The second kappa shape index (κ2) is 4.54. The second-order valence-electron chi connectivity index (χ2n) is 2.75. The Hall–Kier alpha value is -1.92. The van der Waals surface area contributed by atoms with E-state index >= 15 is 0 Å². The number of hydrogen-bond acceptors (Lipinski definition) is 3. The third kappa shape index (κ3) is 2.52. The van der Waals surface area contributed by atoms with Gasteiger partial charge in [0.2, 0.25) is 0 Å². The number of amides is 2. The molecule has 0 aliphatic rings. The van der Waals surface area contributed by atoms with Crippen LogP contribution in [-0.4, -0.2) is 34.8 Å². The lowest BCUT2D eigenvalue weighted by molar-refractivity contribution is 0.0940. The summed E-state index contributed by atoms with van der Waals surface area (Å²) in [5.74, 6) is -1.31. The molecule has 0 aliphatic carbocycles. The zero-order chi connectivity index (χ0) is 11.4. The zero-order valence-corrected chi connectivity index (χ0v) is 8.08. The van der Waals surface area contributed by atoms with Gasteiger partial charge in [0.15, 0.2) is 5.69 Å². The first-order valence-electron chi connectivity index (χ1n) is 4.16. The number of carbonyl (C=O) groups excluding carboxylic acids is 2. The molecule has 1 aromatic rings. The quantitative estimate of drug-likeness (QED) is 0.673. The first-order chi connectivity index (χ1) is 7.06. The number of aromatic nitrogens is 2. The average molecular weight is 213 g/mol. The van der Waals surface area contributed by atoms with Gasteiger partial charge in [0.1, 0.15) is 12.4 Å². The summed E-state index contributed by atoms with van der Waals surface area (Å²) >= 11 is 0.